The van der Waals surface area contributed by atoms with E-state index >= 15 is 0 Å². The van der Waals surface area contributed by atoms with Gasteiger partial charge >= 0.3 is 5.97 Å². The molecule has 0 saturated heterocycles. The molecular weight excluding hydrogens is 233 g/mol. The Bertz CT molecular complexity index is 423. The Labute approximate surface area is 97.0 Å². The first-order valence-corrected chi connectivity index (χ1v) is 5.27. The predicted molar refractivity (Wildman–Crippen MR) is 57.9 cm³/mol. The molecule has 0 amide bonds. The van der Waals surface area contributed by atoms with Gasteiger partial charge in [-0.3, -0.25) is 4.79 Å². The number of aliphatic carboxylic acids is 1. The molecule has 0 atom stereocenters. The lowest BCUT2D eigenvalue weighted by atomic mass is 9.62. The number of carboxylic acid groups (broad SMARTS) is 1. The van der Waals surface area contributed by atoms with Crippen molar-refractivity contribution >= 4 is 17.6 Å². The molecule has 3 nitrogen and oxygen atoms in total. The number of carbonyl (C=O) groups is 1. The highest BCUT2D eigenvalue weighted by molar-refractivity contribution is 6.30. The fraction of sp³-hybridized carbons (Fsp3) is 0.364. The standard InChI is InChI=1S/C11H11ClFNO2/c12-7-1-6(2-8(13)3-7)11(10(15)16)4-9(14)5-11/h1-3,9H,4-5,14H2,(H,15,16). The van der Waals surface area contributed by atoms with Gasteiger partial charge in [-0.2, -0.15) is 0 Å². The van der Waals surface area contributed by atoms with Gasteiger partial charge in [-0.25, -0.2) is 4.39 Å². The fourth-order valence-electron chi connectivity index (χ4n) is 2.20. The molecule has 0 radical (unpaired) electrons. The number of benzene rings is 1. The Morgan fingerprint density at radius 3 is 2.56 bits per heavy atom. The smallest absolute Gasteiger partial charge is 0.314 e. The van der Waals surface area contributed by atoms with Crippen molar-refractivity contribution in [2.75, 3.05) is 0 Å². The first-order chi connectivity index (χ1) is 7.44. The largest absolute Gasteiger partial charge is 0.481 e. The van der Waals surface area contributed by atoms with E-state index in [1.165, 1.54) is 12.1 Å². The number of nitrogens with two attached hydrogens (primary N) is 1. The lowest BCUT2D eigenvalue weighted by Gasteiger charge is -2.43. The average Bonchev–Trinajstić information content (AvgIpc) is 2.10. The Hall–Kier alpha value is -1.13. The van der Waals surface area contributed by atoms with Crippen LogP contribution in [0.3, 0.4) is 0 Å². The summed E-state index contributed by atoms with van der Waals surface area (Å²) < 4.78 is 13.2. The van der Waals surface area contributed by atoms with Gasteiger partial charge in [0.2, 0.25) is 0 Å². The Balaban J connectivity index is 2.45. The number of rotatable bonds is 2. The SMILES string of the molecule is NC1CC(C(=O)O)(c2cc(F)cc(Cl)c2)C1. The maximum Gasteiger partial charge on any atom is 0.314 e. The minimum Gasteiger partial charge on any atom is -0.481 e. The van der Waals surface area contributed by atoms with Gasteiger partial charge in [0.05, 0.1) is 5.41 Å². The third kappa shape index (κ3) is 1.68. The van der Waals surface area contributed by atoms with E-state index in [1.807, 2.05) is 0 Å². The summed E-state index contributed by atoms with van der Waals surface area (Å²) >= 11 is 5.71. The molecule has 0 spiro atoms. The van der Waals surface area contributed by atoms with Crippen LogP contribution in [0.15, 0.2) is 18.2 Å². The van der Waals surface area contributed by atoms with Gasteiger partial charge in [0.15, 0.2) is 0 Å². The minimum atomic E-state index is -1.06. The Morgan fingerprint density at radius 1 is 1.50 bits per heavy atom. The van der Waals surface area contributed by atoms with Crippen molar-refractivity contribution in [3.05, 3.63) is 34.6 Å². The Morgan fingerprint density at radius 2 is 2.12 bits per heavy atom. The van der Waals surface area contributed by atoms with Gasteiger partial charge in [0.25, 0.3) is 0 Å². The molecule has 1 fully saturated rings. The van der Waals surface area contributed by atoms with Crippen LogP contribution in [0.4, 0.5) is 4.39 Å². The van der Waals surface area contributed by atoms with Crippen LogP contribution in [0.25, 0.3) is 0 Å². The van der Waals surface area contributed by atoms with E-state index in [0.717, 1.165) is 6.07 Å². The van der Waals surface area contributed by atoms with Gasteiger partial charge in [0.1, 0.15) is 5.82 Å². The minimum absolute atomic E-state index is 0.141. The highest BCUT2D eigenvalue weighted by atomic mass is 35.5. The summed E-state index contributed by atoms with van der Waals surface area (Å²) in [6.45, 7) is 0. The van der Waals surface area contributed by atoms with Crippen LogP contribution < -0.4 is 5.73 Å². The summed E-state index contributed by atoms with van der Waals surface area (Å²) in [6, 6.07) is 3.72. The molecule has 1 aromatic rings. The summed E-state index contributed by atoms with van der Waals surface area (Å²) in [5, 5.41) is 9.42. The van der Waals surface area contributed by atoms with Crippen LogP contribution in [0.5, 0.6) is 0 Å². The quantitative estimate of drug-likeness (QED) is 0.834. The van der Waals surface area contributed by atoms with Crippen LogP contribution in [-0.4, -0.2) is 17.1 Å². The van der Waals surface area contributed by atoms with E-state index in [-0.39, 0.29) is 11.1 Å². The van der Waals surface area contributed by atoms with Crippen LogP contribution >= 0.6 is 11.6 Å². The average molecular weight is 244 g/mol. The van der Waals surface area contributed by atoms with Crippen molar-refractivity contribution in [2.45, 2.75) is 24.3 Å². The summed E-state index contributed by atoms with van der Waals surface area (Å²) in [5.74, 6) is -1.50. The predicted octanol–water partition coefficient (Wildman–Crippen LogP) is 1.92. The topological polar surface area (TPSA) is 63.3 Å². The molecule has 2 rings (SSSR count). The van der Waals surface area contributed by atoms with Crippen molar-refractivity contribution in [2.24, 2.45) is 5.73 Å². The first kappa shape index (κ1) is 11.4. The molecule has 3 N–H and O–H groups in total. The second kappa shape index (κ2) is 3.71. The molecule has 0 aromatic heterocycles. The molecule has 16 heavy (non-hydrogen) atoms. The van der Waals surface area contributed by atoms with E-state index < -0.39 is 17.2 Å². The maximum absolute atomic E-state index is 13.2. The van der Waals surface area contributed by atoms with E-state index in [0.29, 0.717) is 18.4 Å². The van der Waals surface area contributed by atoms with Gasteiger partial charge in [0, 0.05) is 11.1 Å². The second-order valence-electron chi connectivity index (χ2n) is 4.21. The zero-order chi connectivity index (χ0) is 11.9. The molecule has 1 saturated carbocycles. The third-order valence-corrected chi connectivity index (χ3v) is 3.26. The summed E-state index contributed by atoms with van der Waals surface area (Å²) in [4.78, 5) is 11.3. The van der Waals surface area contributed by atoms with E-state index in [1.54, 1.807) is 0 Å². The fourth-order valence-corrected chi connectivity index (χ4v) is 2.42. The molecule has 0 unspecified atom stereocenters. The molecule has 1 aliphatic carbocycles. The lowest BCUT2D eigenvalue weighted by molar-refractivity contribution is -0.148. The summed E-state index contributed by atoms with van der Waals surface area (Å²) in [6.07, 6.45) is 0.643. The van der Waals surface area contributed by atoms with Crippen LogP contribution in [0.2, 0.25) is 5.02 Å². The lowest BCUT2D eigenvalue weighted by Crippen LogP contribution is -2.54. The molecule has 5 heteroatoms. The van der Waals surface area contributed by atoms with Gasteiger partial charge < -0.3 is 10.8 Å². The molecule has 0 bridgehead atoms. The molecular formula is C11H11ClFNO2. The first-order valence-electron chi connectivity index (χ1n) is 4.89. The van der Waals surface area contributed by atoms with Crippen LogP contribution in [0, 0.1) is 5.82 Å². The van der Waals surface area contributed by atoms with Crippen molar-refractivity contribution in [3.63, 3.8) is 0 Å². The Kier molecular flexibility index (Phi) is 2.64. The molecule has 1 aliphatic rings. The normalized spacial score (nSPS) is 28.6. The summed E-state index contributed by atoms with van der Waals surface area (Å²) in [7, 11) is 0. The maximum atomic E-state index is 13.2. The molecule has 0 aliphatic heterocycles. The van der Waals surface area contributed by atoms with Crippen LogP contribution in [-0.2, 0) is 10.2 Å². The van der Waals surface area contributed by atoms with Gasteiger partial charge in [-0.05, 0) is 36.6 Å². The van der Waals surface area contributed by atoms with E-state index in [9.17, 15) is 14.3 Å². The molecule has 1 aromatic carbocycles. The van der Waals surface area contributed by atoms with Crippen molar-refractivity contribution in [1.29, 1.82) is 0 Å². The van der Waals surface area contributed by atoms with Gasteiger partial charge in [-0.15, -0.1) is 0 Å². The number of hydrogen-bond acceptors (Lipinski definition) is 2. The monoisotopic (exact) mass is 243 g/mol. The highest BCUT2D eigenvalue weighted by Crippen LogP contribution is 2.44. The van der Waals surface area contributed by atoms with Crippen LogP contribution in [0.1, 0.15) is 18.4 Å². The van der Waals surface area contributed by atoms with Gasteiger partial charge in [-0.1, -0.05) is 11.6 Å². The van der Waals surface area contributed by atoms with Crippen molar-refractivity contribution in [1.82, 2.24) is 0 Å². The van der Waals surface area contributed by atoms with E-state index in [2.05, 4.69) is 0 Å². The molecule has 86 valence electrons. The third-order valence-electron chi connectivity index (χ3n) is 3.05. The zero-order valence-electron chi connectivity index (χ0n) is 8.41. The number of carboxylic acids is 1. The number of halogens is 2. The summed E-state index contributed by atoms with van der Waals surface area (Å²) in [5.41, 5.74) is 4.95. The van der Waals surface area contributed by atoms with Crippen molar-refractivity contribution < 1.29 is 14.3 Å². The highest BCUT2D eigenvalue weighted by Gasteiger charge is 2.50. The van der Waals surface area contributed by atoms with E-state index in [4.69, 9.17) is 17.3 Å². The van der Waals surface area contributed by atoms with Crippen molar-refractivity contribution in [3.8, 4) is 0 Å². The number of hydrogen-bond donors (Lipinski definition) is 2. The second-order valence-corrected chi connectivity index (χ2v) is 4.65. The molecule has 0 heterocycles. The zero-order valence-corrected chi connectivity index (χ0v) is 9.17.